The summed E-state index contributed by atoms with van der Waals surface area (Å²) in [4.78, 5) is 48.8. The Balaban J connectivity index is 0.000000526. The third-order valence-electron chi connectivity index (χ3n) is 7.82. The zero-order valence-electron chi connectivity index (χ0n) is 27.1. The minimum Gasteiger partial charge on any atom is -0.389 e. The lowest BCUT2D eigenvalue weighted by molar-refractivity contribution is -0.115. The van der Waals surface area contributed by atoms with Gasteiger partial charge in [0.1, 0.15) is 53.5 Å². The van der Waals surface area contributed by atoms with E-state index in [2.05, 4.69) is 24.2 Å². The van der Waals surface area contributed by atoms with Crippen LogP contribution in [0.3, 0.4) is 0 Å². The van der Waals surface area contributed by atoms with Gasteiger partial charge in [-0.2, -0.15) is 4.31 Å². The third kappa shape index (κ3) is 9.64. The molecule has 0 spiro atoms. The van der Waals surface area contributed by atoms with E-state index in [1.165, 1.54) is 28.2 Å². The second kappa shape index (κ2) is 16.7. The Hall–Kier alpha value is -3.84. The summed E-state index contributed by atoms with van der Waals surface area (Å²) in [5.41, 5.74) is 17.7. The Morgan fingerprint density at radius 1 is 0.962 bits per heavy atom. The molecule has 288 valence electrons. The number of hydrogen-bond donors (Lipinski definition) is 9. The molecular formula is C27H35N9O14P2S. The molecule has 12 N–H and O–H groups in total. The Bertz CT molecular complexity index is 1960. The number of nitrogen functional groups attached to an aromatic ring is 1. The monoisotopic (exact) mass is 803 g/mol. The highest BCUT2D eigenvalue weighted by atomic mass is 32.1. The van der Waals surface area contributed by atoms with Crippen molar-refractivity contribution < 1.29 is 67.0 Å². The number of allylic oxidation sites excluding steroid dienone is 1. The van der Waals surface area contributed by atoms with Crippen molar-refractivity contribution in [3.05, 3.63) is 66.8 Å². The number of ether oxygens (including phenoxy) is 2. The summed E-state index contributed by atoms with van der Waals surface area (Å²) in [5, 5.41) is 41.6. The maximum absolute atomic E-state index is 12.4. The van der Waals surface area contributed by atoms with E-state index < -0.39 is 83.8 Å². The molecule has 1 amide bonds. The van der Waals surface area contributed by atoms with Gasteiger partial charge in [-0.05, 0) is 18.6 Å². The molecule has 3 aliphatic heterocycles. The molecule has 2 unspecified atom stereocenters. The van der Waals surface area contributed by atoms with Crippen LogP contribution < -0.4 is 17.2 Å². The van der Waals surface area contributed by atoms with Crippen molar-refractivity contribution in [2.24, 2.45) is 11.5 Å². The average Bonchev–Trinajstić information content (AvgIpc) is 3.76. The molecule has 2 saturated heterocycles. The molecule has 0 aromatic carbocycles. The number of hydrogen-bond acceptors (Lipinski definition) is 19. The third-order valence-corrected chi connectivity index (χ3v) is 10.7. The van der Waals surface area contributed by atoms with Gasteiger partial charge >= 0.3 is 15.6 Å². The molecule has 0 saturated carbocycles. The van der Waals surface area contributed by atoms with E-state index in [4.69, 9.17) is 47.9 Å². The molecule has 26 heteroatoms. The zero-order chi connectivity index (χ0) is 38.7. The Morgan fingerprint density at radius 3 is 2.15 bits per heavy atom. The number of nitrogens with zero attached hydrogens (tertiary/aromatic N) is 6. The predicted octanol–water partition coefficient (Wildman–Crippen LogP) is -1.97. The quantitative estimate of drug-likeness (QED) is 0.0708. The Morgan fingerprint density at radius 2 is 1.58 bits per heavy atom. The number of aliphatic hydroxyl groups is 4. The lowest BCUT2D eigenvalue weighted by Gasteiger charge is -2.28. The van der Waals surface area contributed by atoms with E-state index in [0.29, 0.717) is 4.99 Å². The number of aromatic nitrogens is 5. The van der Waals surface area contributed by atoms with Crippen LogP contribution in [0.4, 0.5) is 5.82 Å². The number of primary amides is 1. The summed E-state index contributed by atoms with van der Waals surface area (Å²) in [6.45, 7) is -1.79. The van der Waals surface area contributed by atoms with Crippen LogP contribution in [-0.2, 0) is 36.8 Å². The van der Waals surface area contributed by atoms with Gasteiger partial charge in [0.2, 0.25) is 5.91 Å². The van der Waals surface area contributed by atoms with E-state index in [9.17, 15) is 44.1 Å². The number of aliphatic hydroxyl groups excluding tert-OH is 4. The number of imidazole rings is 1. The maximum Gasteiger partial charge on any atom is 0.481 e. The van der Waals surface area contributed by atoms with Crippen LogP contribution in [0.15, 0.2) is 61.2 Å². The van der Waals surface area contributed by atoms with Crippen LogP contribution in [0.25, 0.3) is 11.2 Å². The second-order valence-corrected chi connectivity index (χ2v) is 14.9. The number of fused-ring (bicyclic) bond motifs is 1. The van der Waals surface area contributed by atoms with Gasteiger partial charge in [-0.15, -0.1) is 0 Å². The lowest BCUT2D eigenvalue weighted by atomic mass is 10.1. The molecule has 0 aliphatic carbocycles. The van der Waals surface area contributed by atoms with Gasteiger partial charge in [0, 0.05) is 35.9 Å². The molecule has 3 aliphatic rings. The van der Waals surface area contributed by atoms with Crippen LogP contribution >= 0.6 is 27.9 Å². The normalized spacial score (nSPS) is 29.2. The van der Waals surface area contributed by atoms with Crippen LogP contribution in [0.5, 0.6) is 0 Å². The number of phosphoric ester groups is 2. The summed E-state index contributed by atoms with van der Waals surface area (Å²) in [7, 11) is -10.7. The fraction of sp³-hybridized carbons (Fsp3) is 0.407. The summed E-state index contributed by atoms with van der Waals surface area (Å²) in [6, 6.07) is 3.63. The number of carbonyl (C=O) groups excluding carboxylic acids is 1. The van der Waals surface area contributed by atoms with Gasteiger partial charge < -0.3 is 61.8 Å². The summed E-state index contributed by atoms with van der Waals surface area (Å²) in [6.07, 6.45) is -1.56. The standard InChI is InChI=1S/C21H29N7O14P2.C6H6N2S/c22-17-12-19(25-7-24-17)28(8-26-12)21-16(32)14(30)11(41-21)6-39-44(36,37)42-43(34,35)38-5-10-13(29)15(31)20(40-10)27-3-1-2-9(4-27)18(23)33;7-6(9)5-2-1-3-8-4-5/h1,3-4,7-8,10-11,13-16,20-21,29-32H,2,5-6H2,(H2,23,33)(H,34,35)(H,36,37)(H2,22,24,25);1-4H,(H2,7,9)/t10-,11-,13-,14-,15-,16-,20-,21-;/m1./s1. The first kappa shape index (κ1) is 40.3. The molecule has 6 rings (SSSR count). The highest BCUT2D eigenvalue weighted by molar-refractivity contribution is 7.80. The summed E-state index contributed by atoms with van der Waals surface area (Å²) in [5.74, 6) is -0.658. The van der Waals surface area contributed by atoms with Crippen molar-refractivity contribution in [1.82, 2.24) is 29.4 Å². The van der Waals surface area contributed by atoms with Gasteiger partial charge in [-0.25, -0.2) is 24.1 Å². The van der Waals surface area contributed by atoms with Crippen LogP contribution in [0, 0.1) is 0 Å². The number of carbonyl (C=O) groups is 1. The molecule has 10 atom stereocenters. The molecule has 53 heavy (non-hydrogen) atoms. The molecule has 2 fully saturated rings. The second-order valence-electron chi connectivity index (χ2n) is 11.4. The fourth-order valence-electron chi connectivity index (χ4n) is 5.19. The number of phosphoric acid groups is 2. The number of nitrogens with two attached hydrogens (primary N) is 3. The largest absolute Gasteiger partial charge is 0.481 e. The molecule has 3 aromatic heterocycles. The van der Waals surface area contributed by atoms with Crippen molar-refractivity contribution in [1.29, 1.82) is 0 Å². The minimum absolute atomic E-state index is 0.0517. The highest BCUT2D eigenvalue weighted by Gasteiger charge is 2.48. The van der Waals surface area contributed by atoms with Crippen molar-refractivity contribution in [2.75, 3.05) is 18.9 Å². The van der Waals surface area contributed by atoms with E-state index >= 15 is 0 Å². The highest BCUT2D eigenvalue weighted by Crippen LogP contribution is 2.60. The number of rotatable bonds is 12. The topological polar surface area (TPSA) is 357 Å². The van der Waals surface area contributed by atoms with Gasteiger partial charge in [0.05, 0.1) is 19.5 Å². The van der Waals surface area contributed by atoms with Crippen molar-refractivity contribution in [3.8, 4) is 0 Å². The van der Waals surface area contributed by atoms with Crippen LogP contribution in [0.1, 0.15) is 18.2 Å². The van der Waals surface area contributed by atoms with E-state index in [-0.39, 0.29) is 29.0 Å². The van der Waals surface area contributed by atoms with Crippen molar-refractivity contribution in [3.63, 3.8) is 0 Å². The van der Waals surface area contributed by atoms with Crippen molar-refractivity contribution >= 4 is 55.7 Å². The SMILES string of the molecule is NC(=O)C1=CN([C@@H]2O[C@H](COP(=O)(O)OP(=O)(O)OC[C@H]3O[C@@H](n4cnc5c(N)ncnc54)[C@H](O)[C@@H]3O)[C@@H](O)[C@H]2O)C=CC1.NC(=S)c1cccnc1. The maximum atomic E-state index is 12.4. The smallest absolute Gasteiger partial charge is 0.389 e. The average molecular weight is 804 g/mol. The molecule has 0 bridgehead atoms. The first-order valence-electron chi connectivity index (χ1n) is 15.2. The van der Waals surface area contributed by atoms with Crippen LogP contribution in [0.2, 0.25) is 0 Å². The fourth-order valence-corrected chi connectivity index (χ4v) is 7.40. The summed E-state index contributed by atoms with van der Waals surface area (Å²) >= 11 is 4.70. The molecule has 6 heterocycles. The first-order chi connectivity index (χ1) is 25.0. The van der Waals surface area contributed by atoms with Crippen molar-refractivity contribution in [2.45, 2.75) is 55.5 Å². The number of thiocarbonyl (C=S) groups is 1. The summed E-state index contributed by atoms with van der Waals surface area (Å²) < 4.78 is 50.8. The number of amides is 1. The minimum atomic E-state index is -5.37. The lowest BCUT2D eigenvalue weighted by Crippen LogP contribution is -2.40. The molecular weight excluding hydrogens is 768 g/mol. The van der Waals surface area contributed by atoms with E-state index in [0.717, 1.165) is 11.9 Å². The zero-order valence-corrected chi connectivity index (χ0v) is 29.7. The number of pyridine rings is 1. The molecule has 0 radical (unpaired) electrons. The predicted molar refractivity (Wildman–Crippen MR) is 182 cm³/mol. The van der Waals surface area contributed by atoms with Gasteiger partial charge in [0.25, 0.3) is 0 Å². The van der Waals surface area contributed by atoms with Crippen LogP contribution in [-0.4, -0.2) is 127 Å². The van der Waals surface area contributed by atoms with Gasteiger partial charge in [-0.3, -0.25) is 23.4 Å². The molecule has 3 aromatic rings. The molecule has 23 nitrogen and oxygen atoms in total. The van der Waals surface area contributed by atoms with E-state index in [1.807, 2.05) is 6.07 Å². The first-order valence-corrected chi connectivity index (χ1v) is 18.6. The van der Waals surface area contributed by atoms with Gasteiger partial charge in [0.15, 0.2) is 23.9 Å². The Labute approximate surface area is 304 Å². The Kier molecular flexibility index (Phi) is 12.7. The number of anilines is 1. The van der Waals surface area contributed by atoms with Gasteiger partial charge in [-0.1, -0.05) is 18.3 Å². The van der Waals surface area contributed by atoms with E-state index in [1.54, 1.807) is 24.5 Å².